The standard InChI is InChI=1S/C30H32ClNO6/c1-17(2)27-25(18-6-10-20(31)11-7-18)26(33)23-15-12-21(16-24(23)37-27)32-29(35)36-22-13-8-19(9-14-22)28(34)38-30(3,4)5/h6-8,10-12,15-17,22H,9,13-14H2,1-5H3,(H,32,35)/t22-/m0/s1. The molecule has 8 heteroatoms. The van der Waals surface area contributed by atoms with E-state index < -0.39 is 11.7 Å². The van der Waals surface area contributed by atoms with Crippen LogP contribution in [0.5, 0.6) is 0 Å². The van der Waals surface area contributed by atoms with E-state index in [4.69, 9.17) is 25.5 Å². The van der Waals surface area contributed by atoms with Gasteiger partial charge in [-0.1, -0.05) is 43.7 Å². The molecule has 1 aromatic heterocycles. The molecule has 0 saturated carbocycles. The highest BCUT2D eigenvalue weighted by Gasteiger charge is 2.25. The third kappa shape index (κ3) is 6.45. The molecular formula is C30H32ClNO6. The quantitative estimate of drug-likeness (QED) is 0.336. The Morgan fingerprint density at radius 1 is 1.11 bits per heavy atom. The zero-order chi connectivity index (χ0) is 27.6. The fourth-order valence-corrected chi connectivity index (χ4v) is 4.46. The molecule has 1 amide bonds. The van der Waals surface area contributed by atoms with Gasteiger partial charge in [0.05, 0.1) is 10.9 Å². The van der Waals surface area contributed by atoms with Crippen LogP contribution < -0.4 is 10.7 Å². The highest BCUT2D eigenvalue weighted by molar-refractivity contribution is 6.30. The second-order valence-corrected chi connectivity index (χ2v) is 11.1. The Morgan fingerprint density at radius 3 is 2.42 bits per heavy atom. The van der Waals surface area contributed by atoms with E-state index in [9.17, 15) is 14.4 Å². The lowest BCUT2D eigenvalue weighted by molar-refractivity contribution is -0.150. The van der Waals surface area contributed by atoms with Crippen LogP contribution in [-0.4, -0.2) is 23.8 Å². The Labute approximate surface area is 226 Å². The molecule has 200 valence electrons. The Hall–Kier alpha value is -3.58. The van der Waals surface area contributed by atoms with Crippen LogP contribution in [-0.2, 0) is 14.3 Å². The van der Waals surface area contributed by atoms with Gasteiger partial charge in [0.15, 0.2) is 0 Å². The zero-order valence-electron chi connectivity index (χ0n) is 22.2. The van der Waals surface area contributed by atoms with Gasteiger partial charge in [-0.2, -0.15) is 0 Å². The number of benzene rings is 2. The van der Waals surface area contributed by atoms with Crippen molar-refractivity contribution in [2.75, 3.05) is 5.32 Å². The van der Waals surface area contributed by atoms with E-state index in [-0.39, 0.29) is 23.4 Å². The average molecular weight is 538 g/mol. The summed E-state index contributed by atoms with van der Waals surface area (Å²) in [4.78, 5) is 38.3. The number of amides is 1. The molecule has 1 N–H and O–H groups in total. The van der Waals surface area contributed by atoms with Crippen molar-refractivity contribution in [3.63, 3.8) is 0 Å². The summed E-state index contributed by atoms with van der Waals surface area (Å²) >= 11 is 6.03. The van der Waals surface area contributed by atoms with Crippen LogP contribution in [0.15, 0.2) is 63.3 Å². The molecule has 3 aromatic rings. The number of fused-ring (bicyclic) bond motifs is 1. The van der Waals surface area contributed by atoms with Gasteiger partial charge in [0.2, 0.25) is 5.43 Å². The number of esters is 1. The predicted molar refractivity (Wildman–Crippen MR) is 149 cm³/mol. The van der Waals surface area contributed by atoms with Crippen molar-refractivity contribution in [1.82, 2.24) is 0 Å². The van der Waals surface area contributed by atoms with Gasteiger partial charge in [0.25, 0.3) is 0 Å². The minimum atomic E-state index is -0.618. The van der Waals surface area contributed by atoms with Crippen LogP contribution in [0, 0.1) is 0 Å². The second kappa shape index (κ2) is 11.0. The summed E-state index contributed by atoms with van der Waals surface area (Å²) in [5.41, 5.74) is 1.94. The zero-order valence-corrected chi connectivity index (χ0v) is 23.0. The first-order valence-electron chi connectivity index (χ1n) is 12.7. The molecular weight excluding hydrogens is 506 g/mol. The first-order chi connectivity index (χ1) is 17.9. The molecule has 1 heterocycles. The third-order valence-corrected chi connectivity index (χ3v) is 6.37. The number of carbonyl (C=O) groups is 2. The van der Waals surface area contributed by atoms with Gasteiger partial charge in [0.1, 0.15) is 23.0 Å². The molecule has 0 saturated heterocycles. The number of carbonyl (C=O) groups excluding carboxylic acids is 2. The molecule has 1 aliphatic carbocycles. The van der Waals surface area contributed by atoms with Gasteiger partial charge in [-0.15, -0.1) is 0 Å². The normalized spacial score (nSPS) is 15.8. The first-order valence-corrected chi connectivity index (χ1v) is 13.1. The summed E-state index contributed by atoms with van der Waals surface area (Å²) in [7, 11) is 0. The van der Waals surface area contributed by atoms with Crippen LogP contribution in [0.4, 0.5) is 10.5 Å². The number of ether oxygens (including phenoxy) is 2. The van der Waals surface area contributed by atoms with Crippen molar-refractivity contribution in [2.24, 2.45) is 0 Å². The molecule has 7 nitrogen and oxygen atoms in total. The van der Waals surface area contributed by atoms with E-state index in [1.54, 1.807) is 48.5 Å². The fraction of sp³-hybridized carbons (Fsp3) is 0.367. The van der Waals surface area contributed by atoms with E-state index in [2.05, 4.69) is 5.32 Å². The summed E-state index contributed by atoms with van der Waals surface area (Å²) < 4.78 is 17.2. The number of hydrogen-bond acceptors (Lipinski definition) is 6. The van der Waals surface area contributed by atoms with Crippen molar-refractivity contribution in [1.29, 1.82) is 0 Å². The Balaban J connectivity index is 1.49. The second-order valence-electron chi connectivity index (χ2n) is 10.7. The van der Waals surface area contributed by atoms with E-state index in [0.29, 0.717) is 57.8 Å². The highest BCUT2D eigenvalue weighted by Crippen LogP contribution is 2.31. The predicted octanol–water partition coefficient (Wildman–Crippen LogP) is 7.61. The van der Waals surface area contributed by atoms with Crippen molar-refractivity contribution in [3.8, 4) is 11.1 Å². The van der Waals surface area contributed by atoms with E-state index >= 15 is 0 Å². The van der Waals surface area contributed by atoms with Gasteiger partial charge < -0.3 is 13.9 Å². The minimum Gasteiger partial charge on any atom is -0.460 e. The van der Waals surface area contributed by atoms with Crippen LogP contribution in [0.1, 0.15) is 65.6 Å². The molecule has 4 rings (SSSR count). The summed E-state index contributed by atoms with van der Waals surface area (Å²) in [5, 5.41) is 3.71. The molecule has 1 atom stereocenters. The summed E-state index contributed by atoms with van der Waals surface area (Å²) in [5.74, 6) is 0.168. The number of nitrogens with one attached hydrogen (secondary N) is 1. The Bertz CT molecular complexity index is 1450. The molecule has 2 aromatic carbocycles. The molecule has 0 unspecified atom stereocenters. The van der Waals surface area contributed by atoms with Crippen LogP contribution in [0.25, 0.3) is 22.1 Å². The maximum Gasteiger partial charge on any atom is 0.411 e. The smallest absolute Gasteiger partial charge is 0.411 e. The van der Waals surface area contributed by atoms with Crippen molar-refractivity contribution >= 4 is 40.3 Å². The molecule has 1 aliphatic rings. The lowest BCUT2D eigenvalue weighted by Gasteiger charge is -2.24. The van der Waals surface area contributed by atoms with Gasteiger partial charge in [-0.25, -0.2) is 9.59 Å². The monoisotopic (exact) mass is 537 g/mol. The summed E-state index contributed by atoms with van der Waals surface area (Å²) in [6.07, 6.45) is 2.23. The largest absolute Gasteiger partial charge is 0.460 e. The van der Waals surface area contributed by atoms with Crippen LogP contribution >= 0.6 is 11.6 Å². The van der Waals surface area contributed by atoms with Crippen LogP contribution in [0.2, 0.25) is 5.02 Å². The lowest BCUT2D eigenvalue weighted by Crippen LogP contribution is -2.28. The fourth-order valence-electron chi connectivity index (χ4n) is 4.33. The van der Waals surface area contributed by atoms with E-state index in [0.717, 1.165) is 5.56 Å². The van der Waals surface area contributed by atoms with Crippen LogP contribution in [0.3, 0.4) is 0 Å². The average Bonchev–Trinajstić information content (AvgIpc) is 2.84. The maximum atomic E-state index is 13.4. The SMILES string of the molecule is CC(C)c1oc2cc(NC(=O)O[C@H]3CC=C(C(=O)OC(C)(C)C)CC3)ccc2c(=O)c1-c1ccc(Cl)cc1. The molecule has 0 spiro atoms. The Kier molecular flexibility index (Phi) is 7.97. The van der Waals surface area contributed by atoms with Crippen molar-refractivity contribution in [3.05, 3.63) is 75.1 Å². The van der Waals surface area contributed by atoms with E-state index in [1.165, 1.54) is 0 Å². The highest BCUT2D eigenvalue weighted by atomic mass is 35.5. The molecule has 38 heavy (non-hydrogen) atoms. The minimum absolute atomic E-state index is 0.0516. The molecule has 0 aliphatic heterocycles. The lowest BCUT2D eigenvalue weighted by atomic mass is 9.97. The summed E-state index contributed by atoms with van der Waals surface area (Å²) in [6.45, 7) is 9.38. The van der Waals surface area contributed by atoms with Gasteiger partial charge in [-0.05, 0) is 63.4 Å². The third-order valence-electron chi connectivity index (χ3n) is 6.12. The number of rotatable bonds is 5. The molecule has 0 bridgehead atoms. The maximum absolute atomic E-state index is 13.4. The van der Waals surface area contributed by atoms with Crippen molar-refractivity contribution in [2.45, 2.75) is 71.5 Å². The van der Waals surface area contributed by atoms with Gasteiger partial charge >= 0.3 is 12.1 Å². The van der Waals surface area contributed by atoms with Crippen molar-refractivity contribution < 1.29 is 23.5 Å². The summed E-state index contributed by atoms with van der Waals surface area (Å²) in [6, 6.07) is 12.0. The van der Waals surface area contributed by atoms with Gasteiger partial charge in [-0.3, -0.25) is 10.1 Å². The van der Waals surface area contributed by atoms with Gasteiger partial charge in [0, 0.05) is 34.7 Å². The number of anilines is 1. The first kappa shape index (κ1) is 27.5. The number of hydrogen-bond donors (Lipinski definition) is 1. The molecule has 0 radical (unpaired) electrons. The Morgan fingerprint density at radius 2 is 1.82 bits per heavy atom. The van der Waals surface area contributed by atoms with E-state index in [1.807, 2.05) is 34.6 Å². The molecule has 0 fully saturated rings. The number of halogens is 1. The topological polar surface area (TPSA) is 94.8 Å².